The summed E-state index contributed by atoms with van der Waals surface area (Å²) in [5.41, 5.74) is 6.86. The van der Waals surface area contributed by atoms with Crippen molar-refractivity contribution in [1.82, 2.24) is 9.88 Å². The van der Waals surface area contributed by atoms with Gasteiger partial charge in [-0.15, -0.1) is 11.3 Å². The van der Waals surface area contributed by atoms with Crippen LogP contribution in [0.3, 0.4) is 0 Å². The number of carboxylic acid groups (broad SMARTS) is 1. The van der Waals surface area contributed by atoms with Gasteiger partial charge in [-0.3, -0.25) is 4.79 Å². The van der Waals surface area contributed by atoms with Crippen LogP contribution >= 0.6 is 11.3 Å². The van der Waals surface area contributed by atoms with E-state index in [1.54, 1.807) is 0 Å². The monoisotopic (exact) mass is 255 g/mol. The topological polar surface area (TPSA) is 79.5 Å². The molecule has 1 aliphatic heterocycles. The number of aromatic nitrogens is 1. The number of thiazole rings is 1. The Hall–Kier alpha value is -0.980. The maximum atomic E-state index is 10.6. The van der Waals surface area contributed by atoms with Crippen LogP contribution in [-0.2, 0) is 4.79 Å². The normalized spacial score (nSPS) is 22.8. The van der Waals surface area contributed by atoms with Crippen molar-refractivity contribution in [2.45, 2.75) is 24.8 Å². The van der Waals surface area contributed by atoms with Crippen molar-refractivity contribution in [3.63, 3.8) is 0 Å². The summed E-state index contributed by atoms with van der Waals surface area (Å²) < 4.78 is 0. The van der Waals surface area contributed by atoms with Crippen LogP contribution in [-0.4, -0.2) is 41.1 Å². The Morgan fingerprint density at radius 2 is 2.59 bits per heavy atom. The van der Waals surface area contributed by atoms with E-state index in [0.717, 1.165) is 30.2 Å². The molecule has 1 fully saturated rings. The molecule has 2 unspecified atom stereocenters. The minimum Gasteiger partial charge on any atom is -0.481 e. The molecule has 1 aromatic rings. The molecule has 0 saturated carbocycles. The van der Waals surface area contributed by atoms with Gasteiger partial charge in [0.15, 0.2) is 0 Å². The first kappa shape index (κ1) is 12.5. The summed E-state index contributed by atoms with van der Waals surface area (Å²) in [4.78, 5) is 17.3. The number of likely N-dealkylation sites (tertiary alicyclic amines) is 1. The molecule has 0 bridgehead atoms. The number of carboxylic acids is 1. The largest absolute Gasteiger partial charge is 0.481 e. The average molecular weight is 255 g/mol. The van der Waals surface area contributed by atoms with Crippen molar-refractivity contribution in [3.8, 4) is 0 Å². The van der Waals surface area contributed by atoms with E-state index >= 15 is 0 Å². The molecule has 0 aromatic carbocycles. The van der Waals surface area contributed by atoms with Gasteiger partial charge in [-0.1, -0.05) is 0 Å². The summed E-state index contributed by atoms with van der Waals surface area (Å²) in [5.74, 6) is -0.406. The van der Waals surface area contributed by atoms with Gasteiger partial charge >= 0.3 is 5.97 Å². The predicted molar refractivity (Wildman–Crippen MR) is 66.2 cm³/mol. The minimum absolute atomic E-state index is 0.0580. The lowest BCUT2D eigenvalue weighted by molar-refractivity contribution is -0.137. The van der Waals surface area contributed by atoms with E-state index in [4.69, 9.17) is 10.8 Å². The van der Waals surface area contributed by atoms with E-state index in [0.29, 0.717) is 5.92 Å². The van der Waals surface area contributed by atoms with E-state index in [1.807, 2.05) is 5.38 Å². The molecule has 1 saturated heterocycles. The van der Waals surface area contributed by atoms with Gasteiger partial charge in [0.2, 0.25) is 0 Å². The van der Waals surface area contributed by atoms with Crippen molar-refractivity contribution in [2.24, 2.45) is 5.73 Å². The lowest BCUT2D eigenvalue weighted by Crippen LogP contribution is -2.15. The molecule has 6 heteroatoms. The van der Waals surface area contributed by atoms with Crippen LogP contribution < -0.4 is 5.73 Å². The predicted octanol–water partition coefficient (Wildman–Crippen LogP) is 1.04. The number of carbonyl (C=O) groups is 1. The molecular formula is C11H17N3O2S. The summed E-state index contributed by atoms with van der Waals surface area (Å²) in [6.07, 6.45) is 1.06. The van der Waals surface area contributed by atoms with Gasteiger partial charge in [0, 0.05) is 17.8 Å². The molecule has 0 aliphatic carbocycles. The Morgan fingerprint density at radius 1 is 1.82 bits per heavy atom. The number of nitrogens with two attached hydrogens (primary N) is 1. The van der Waals surface area contributed by atoms with Gasteiger partial charge in [-0.2, -0.15) is 0 Å². The standard InChI is InChI=1S/C11H17N3O2S/c1-14-3-2-7(5-14)9-6-17-11(13-9)8(12)4-10(15)16/h6-8H,2-5,12H2,1H3,(H,15,16). The zero-order chi connectivity index (χ0) is 12.4. The fourth-order valence-electron chi connectivity index (χ4n) is 2.11. The molecule has 94 valence electrons. The van der Waals surface area contributed by atoms with Crippen molar-refractivity contribution < 1.29 is 9.90 Å². The van der Waals surface area contributed by atoms with Crippen LogP contribution in [0.15, 0.2) is 5.38 Å². The maximum Gasteiger partial charge on any atom is 0.305 e. The van der Waals surface area contributed by atoms with Gasteiger partial charge < -0.3 is 15.7 Å². The van der Waals surface area contributed by atoms with Crippen LogP contribution in [0.2, 0.25) is 0 Å². The second kappa shape index (κ2) is 5.12. The van der Waals surface area contributed by atoms with Crippen LogP contribution in [0, 0.1) is 0 Å². The summed E-state index contributed by atoms with van der Waals surface area (Å²) in [7, 11) is 2.10. The Bertz CT molecular complexity index is 407. The molecular weight excluding hydrogens is 238 g/mol. The summed E-state index contributed by atoms with van der Waals surface area (Å²) in [6, 6.07) is -0.481. The SMILES string of the molecule is CN1CCC(c2csc(C(N)CC(=O)O)n2)C1. The smallest absolute Gasteiger partial charge is 0.305 e. The zero-order valence-electron chi connectivity index (χ0n) is 9.80. The van der Waals surface area contributed by atoms with Crippen LogP contribution in [0.25, 0.3) is 0 Å². The quantitative estimate of drug-likeness (QED) is 0.840. The van der Waals surface area contributed by atoms with Gasteiger partial charge in [-0.05, 0) is 20.0 Å². The number of rotatable bonds is 4. The Balaban J connectivity index is 2.02. The van der Waals surface area contributed by atoms with Crippen LogP contribution in [0.5, 0.6) is 0 Å². The van der Waals surface area contributed by atoms with Crippen molar-refractivity contribution >= 4 is 17.3 Å². The van der Waals surface area contributed by atoms with E-state index in [1.165, 1.54) is 11.3 Å². The van der Waals surface area contributed by atoms with Gasteiger partial charge in [0.1, 0.15) is 5.01 Å². The Morgan fingerprint density at radius 3 is 3.18 bits per heavy atom. The number of aliphatic carboxylic acids is 1. The lowest BCUT2D eigenvalue weighted by atomic mass is 10.1. The fourth-order valence-corrected chi connectivity index (χ4v) is 3.01. The van der Waals surface area contributed by atoms with Gasteiger partial charge in [0.05, 0.1) is 18.2 Å². The third-order valence-electron chi connectivity index (χ3n) is 3.06. The highest BCUT2D eigenvalue weighted by atomic mass is 32.1. The lowest BCUT2D eigenvalue weighted by Gasteiger charge is -2.08. The molecule has 0 radical (unpaired) electrons. The van der Waals surface area contributed by atoms with E-state index < -0.39 is 12.0 Å². The summed E-state index contributed by atoms with van der Waals surface area (Å²) >= 11 is 1.47. The molecule has 2 heterocycles. The molecule has 1 aromatic heterocycles. The Labute approximate surface area is 104 Å². The van der Waals surface area contributed by atoms with Crippen molar-refractivity contribution in [1.29, 1.82) is 0 Å². The third kappa shape index (κ3) is 3.02. The number of hydrogen-bond acceptors (Lipinski definition) is 5. The summed E-state index contributed by atoms with van der Waals surface area (Å²) in [5, 5.41) is 11.4. The molecule has 5 nitrogen and oxygen atoms in total. The fraction of sp³-hybridized carbons (Fsp3) is 0.636. The number of hydrogen-bond donors (Lipinski definition) is 2. The molecule has 2 atom stereocenters. The van der Waals surface area contributed by atoms with Gasteiger partial charge in [-0.25, -0.2) is 4.98 Å². The highest BCUT2D eigenvalue weighted by Crippen LogP contribution is 2.29. The molecule has 0 amide bonds. The first-order valence-electron chi connectivity index (χ1n) is 5.67. The van der Waals surface area contributed by atoms with E-state index in [2.05, 4.69) is 16.9 Å². The van der Waals surface area contributed by atoms with Crippen molar-refractivity contribution in [2.75, 3.05) is 20.1 Å². The molecule has 3 N–H and O–H groups in total. The third-order valence-corrected chi connectivity index (χ3v) is 4.06. The Kier molecular flexibility index (Phi) is 3.76. The first-order valence-corrected chi connectivity index (χ1v) is 6.55. The second-order valence-electron chi connectivity index (χ2n) is 4.56. The van der Waals surface area contributed by atoms with Gasteiger partial charge in [0.25, 0.3) is 0 Å². The molecule has 1 aliphatic rings. The number of nitrogens with zero attached hydrogens (tertiary/aromatic N) is 2. The van der Waals surface area contributed by atoms with E-state index in [9.17, 15) is 4.79 Å². The number of likely N-dealkylation sites (N-methyl/N-ethyl adjacent to an activating group) is 1. The zero-order valence-corrected chi connectivity index (χ0v) is 10.6. The van der Waals surface area contributed by atoms with E-state index in [-0.39, 0.29) is 6.42 Å². The summed E-state index contributed by atoms with van der Waals surface area (Å²) in [6.45, 7) is 2.12. The van der Waals surface area contributed by atoms with Crippen LogP contribution in [0.1, 0.15) is 35.5 Å². The first-order chi connectivity index (χ1) is 8.06. The highest BCUT2D eigenvalue weighted by molar-refractivity contribution is 7.09. The second-order valence-corrected chi connectivity index (χ2v) is 5.45. The maximum absolute atomic E-state index is 10.6. The van der Waals surface area contributed by atoms with Crippen molar-refractivity contribution in [3.05, 3.63) is 16.1 Å². The average Bonchev–Trinajstić information content (AvgIpc) is 2.84. The minimum atomic E-state index is -0.880. The molecule has 17 heavy (non-hydrogen) atoms. The van der Waals surface area contributed by atoms with Crippen LogP contribution in [0.4, 0.5) is 0 Å². The molecule has 2 rings (SSSR count). The highest BCUT2D eigenvalue weighted by Gasteiger charge is 2.24. The molecule has 0 spiro atoms.